The molecule has 2 saturated heterocycles. The molecule has 192 valence electrons. The third kappa shape index (κ3) is 4.99. The van der Waals surface area contributed by atoms with Crippen LogP contribution < -0.4 is 15.0 Å². The number of aromatic nitrogens is 3. The first-order valence-electron chi connectivity index (χ1n) is 13.2. The summed E-state index contributed by atoms with van der Waals surface area (Å²) in [6.07, 6.45) is 4.39. The first-order valence-corrected chi connectivity index (χ1v) is 13.2. The maximum absolute atomic E-state index is 5.57. The first-order chi connectivity index (χ1) is 18.2. The van der Waals surface area contributed by atoms with Crippen LogP contribution in [0.5, 0.6) is 5.75 Å². The van der Waals surface area contributed by atoms with Crippen molar-refractivity contribution in [1.82, 2.24) is 24.4 Å². The average Bonchev–Trinajstić information content (AvgIpc) is 3.37. The Labute approximate surface area is 218 Å². The molecule has 0 aliphatic carbocycles. The molecule has 2 aromatic carbocycles. The standard InChI is InChI=1S/C29H35N7O/c1-33-16-18-34(19-17-33)25-6-5-15-35(21-25)23-11-9-22(10-12-23)31-29-30-20-24-13-14-27(36(24)32-29)26-7-3-4-8-28(26)37-2/h3-4,7-14,20,25H,5-6,15-19,21H2,1-2H3,(H,31,32). The van der Waals surface area contributed by atoms with Gasteiger partial charge in [-0.25, -0.2) is 9.50 Å². The molecule has 8 nitrogen and oxygen atoms in total. The van der Waals surface area contributed by atoms with Gasteiger partial charge in [0.05, 0.1) is 24.5 Å². The Bertz CT molecular complexity index is 1340. The van der Waals surface area contributed by atoms with E-state index in [2.05, 4.69) is 62.4 Å². The van der Waals surface area contributed by atoms with E-state index in [4.69, 9.17) is 9.84 Å². The fourth-order valence-corrected chi connectivity index (χ4v) is 5.58. The van der Waals surface area contributed by atoms with Gasteiger partial charge in [-0.3, -0.25) is 4.90 Å². The molecule has 0 radical (unpaired) electrons. The van der Waals surface area contributed by atoms with Crippen molar-refractivity contribution in [3.63, 3.8) is 0 Å². The lowest BCUT2D eigenvalue weighted by atomic mass is 10.0. The Kier molecular flexibility index (Phi) is 6.68. The Balaban J connectivity index is 1.16. The van der Waals surface area contributed by atoms with Crippen molar-refractivity contribution >= 4 is 22.8 Å². The Morgan fingerprint density at radius 1 is 0.919 bits per heavy atom. The Hall–Kier alpha value is -3.62. The van der Waals surface area contributed by atoms with E-state index in [-0.39, 0.29) is 0 Å². The third-order valence-corrected chi connectivity index (χ3v) is 7.72. The maximum atomic E-state index is 5.57. The lowest BCUT2D eigenvalue weighted by molar-refractivity contribution is 0.102. The number of rotatable bonds is 6. The van der Waals surface area contributed by atoms with Crippen LogP contribution >= 0.6 is 0 Å². The highest BCUT2D eigenvalue weighted by molar-refractivity contribution is 5.72. The summed E-state index contributed by atoms with van der Waals surface area (Å²) in [4.78, 5) is 12.2. The number of benzene rings is 2. The molecule has 0 amide bonds. The predicted molar refractivity (Wildman–Crippen MR) is 149 cm³/mol. The number of nitrogens with zero attached hydrogens (tertiary/aromatic N) is 6. The van der Waals surface area contributed by atoms with Gasteiger partial charge in [0.2, 0.25) is 5.95 Å². The zero-order valence-electron chi connectivity index (χ0n) is 21.7. The van der Waals surface area contributed by atoms with E-state index in [9.17, 15) is 0 Å². The topological polar surface area (TPSA) is 61.2 Å². The van der Waals surface area contributed by atoms with E-state index >= 15 is 0 Å². The summed E-state index contributed by atoms with van der Waals surface area (Å²) < 4.78 is 7.48. The van der Waals surface area contributed by atoms with Crippen molar-refractivity contribution in [2.24, 2.45) is 0 Å². The molecule has 1 unspecified atom stereocenters. The molecule has 2 aliphatic heterocycles. The van der Waals surface area contributed by atoms with Gasteiger partial charge in [-0.2, -0.15) is 0 Å². The van der Waals surface area contributed by atoms with Crippen LogP contribution in [0, 0.1) is 0 Å². The second-order valence-electron chi connectivity index (χ2n) is 10.1. The SMILES string of the molecule is COc1ccccc1-c1ccc2cnc(Nc3ccc(N4CCCC(N5CCN(C)CC5)C4)cc3)nn12. The lowest BCUT2D eigenvalue weighted by Crippen LogP contribution is -2.54. The lowest BCUT2D eigenvalue weighted by Gasteiger charge is -2.43. The number of fused-ring (bicyclic) bond motifs is 1. The van der Waals surface area contributed by atoms with Crippen LogP contribution in [0.2, 0.25) is 0 Å². The van der Waals surface area contributed by atoms with Gasteiger partial charge in [0.25, 0.3) is 0 Å². The number of ether oxygens (including phenoxy) is 1. The average molecular weight is 498 g/mol. The van der Waals surface area contributed by atoms with Crippen molar-refractivity contribution in [1.29, 1.82) is 0 Å². The fourth-order valence-electron chi connectivity index (χ4n) is 5.58. The molecular formula is C29H35N7O. The summed E-state index contributed by atoms with van der Waals surface area (Å²) in [5.74, 6) is 1.37. The van der Waals surface area contributed by atoms with Crippen LogP contribution in [-0.2, 0) is 0 Å². The van der Waals surface area contributed by atoms with Gasteiger partial charge in [-0.1, -0.05) is 12.1 Å². The van der Waals surface area contributed by atoms with E-state index in [0.29, 0.717) is 12.0 Å². The Morgan fingerprint density at radius 2 is 1.73 bits per heavy atom. The van der Waals surface area contributed by atoms with Crippen molar-refractivity contribution in [2.45, 2.75) is 18.9 Å². The van der Waals surface area contributed by atoms with Crippen molar-refractivity contribution in [2.75, 3.05) is 63.6 Å². The van der Waals surface area contributed by atoms with Crippen molar-refractivity contribution < 1.29 is 4.74 Å². The molecule has 8 heteroatoms. The van der Waals surface area contributed by atoms with E-state index in [1.807, 2.05) is 41.0 Å². The summed E-state index contributed by atoms with van der Waals surface area (Å²) in [5.41, 5.74) is 5.15. The molecule has 0 saturated carbocycles. The zero-order chi connectivity index (χ0) is 25.2. The van der Waals surface area contributed by atoms with Crippen LogP contribution in [0.3, 0.4) is 0 Å². The molecule has 2 aliphatic rings. The fraction of sp³-hybridized carbons (Fsp3) is 0.379. The summed E-state index contributed by atoms with van der Waals surface area (Å²) in [7, 11) is 3.91. The molecule has 1 N–H and O–H groups in total. The minimum absolute atomic E-state index is 0.556. The second kappa shape index (κ2) is 10.4. The van der Waals surface area contributed by atoms with Gasteiger partial charge < -0.3 is 19.9 Å². The summed E-state index contributed by atoms with van der Waals surface area (Å²) in [6, 6.07) is 21.4. The van der Waals surface area contributed by atoms with Crippen molar-refractivity contribution in [3.8, 4) is 17.0 Å². The molecule has 4 heterocycles. The predicted octanol–water partition coefficient (Wildman–Crippen LogP) is 4.36. The van der Waals surface area contributed by atoms with Crippen LogP contribution in [0.4, 0.5) is 17.3 Å². The highest BCUT2D eigenvalue weighted by Gasteiger charge is 2.27. The highest BCUT2D eigenvalue weighted by atomic mass is 16.5. The molecule has 2 aromatic heterocycles. The van der Waals surface area contributed by atoms with Crippen LogP contribution in [0.15, 0.2) is 66.9 Å². The van der Waals surface area contributed by atoms with Gasteiger partial charge in [0.15, 0.2) is 0 Å². The number of hydrogen-bond donors (Lipinski definition) is 1. The van der Waals surface area contributed by atoms with E-state index in [1.165, 1.54) is 44.7 Å². The molecule has 0 spiro atoms. The van der Waals surface area contributed by atoms with Gasteiger partial charge in [0.1, 0.15) is 5.75 Å². The molecule has 6 rings (SSSR count). The van der Waals surface area contributed by atoms with E-state index in [1.54, 1.807) is 7.11 Å². The number of methoxy groups -OCH3 is 1. The van der Waals surface area contributed by atoms with E-state index < -0.39 is 0 Å². The summed E-state index contributed by atoms with van der Waals surface area (Å²) in [5, 5.41) is 8.16. The van der Waals surface area contributed by atoms with Crippen LogP contribution in [0.1, 0.15) is 12.8 Å². The summed E-state index contributed by atoms with van der Waals surface area (Å²) in [6.45, 7) is 6.94. The van der Waals surface area contributed by atoms with Gasteiger partial charge in [-0.15, -0.1) is 5.10 Å². The summed E-state index contributed by atoms with van der Waals surface area (Å²) >= 11 is 0. The number of piperazine rings is 1. The van der Waals surface area contributed by atoms with Crippen LogP contribution in [0.25, 0.3) is 16.8 Å². The molecule has 1 atom stereocenters. The quantitative estimate of drug-likeness (QED) is 0.425. The minimum atomic E-state index is 0.556. The molecule has 37 heavy (non-hydrogen) atoms. The number of nitrogens with one attached hydrogen (secondary N) is 1. The zero-order valence-corrected chi connectivity index (χ0v) is 21.7. The van der Waals surface area contributed by atoms with Crippen molar-refractivity contribution in [3.05, 3.63) is 66.9 Å². The molecule has 4 aromatic rings. The Morgan fingerprint density at radius 3 is 2.54 bits per heavy atom. The number of para-hydroxylation sites is 1. The van der Waals surface area contributed by atoms with E-state index in [0.717, 1.165) is 41.3 Å². The van der Waals surface area contributed by atoms with Gasteiger partial charge in [0, 0.05) is 62.2 Å². The first kappa shape index (κ1) is 23.8. The van der Waals surface area contributed by atoms with Gasteiger partial charge >= 0.3 is 0 Å². The van der Waals surface area contributed by atoms with Gasteiger partial charge in [-0.05, 0) is 68.4 Å². The normalized spacial score (nSPS) is 19.3. The maximum Gasteiger partial charge on any atom is 0.245 e. The monoisotopic (exact) mass is 497 g/mol. The molecule has 0 bridgehead atoms. The number of anilines is 3. The minimum Gasteiger partial charge on any atom is -0.496 e. The number of hydrogen-bond acceptors (Lipinski definition) is 7. The largest absolute Gasteiger partial charge is 0.496 e. The number of piperidine rings is 1. The third-order valence-electron chi connectivity index (χ3n) is 7.72. The highest BCUT2D eigenvalue weighted by Crippen LogP contribution is 2.31. The smallest absolute Gasteiger partial charge is 0.245 e. The van der Waals surface area contributed by atoms with Crippen LogP contribution in [-0.4, -0.2) is 83.9 Å². The number of likely N-dealkylation sites (N-methyl/N-ethyl adjacent to an activating group) is 1. The molecular weight excluding hydrogens is 462 g/mol. The molecule has 2 fully saturated rings. The second-order valence-corrected chi connectivity index (χ2v) is 10.1.